The second-order valence-electron chi connectivity index (χ2n) is 6.36. The number of benzene rings is 1. The van der Waals surface area contributed by atoms with Gasteiger partial charge in [0, 0.05) is 23.4 Å². The minimum atomic E-state index is -0.0201. The molecule has 5 nitrogen and oxygen atoms in total. The van der Waals surface area contributed by atoms with Crippen LogP contribution >= 0.6 is 11.3 Å². The number of hydrogen-bond donors (Lipinski definition) is 2. The van der Waals surface area contributed by atoms with Gasteiger partial charge in [-0.25, -0.2) is 0 Å². The van der Waals surface area contributed by atoms with Crippen molar-refractivity contribution in [2.24, 2.45) is 0 Å². The molecular formula is C20H23N3O2S. The standard InChI is InChI=1S/C20H23N3O2S/c1-4-5-18(24)23-16-7-6-13(12(2)19(16)25-3)20-15(10-21)14-8-9-22-11-17(14)26-20/h6-7,22H,4-5,8-9,11H2,1-3H3,(H,23,24). The second kappa shape index (κ2) is 7.90. The molecule has 0 saturated carbocycles. The smallest absolute Gasteiger partial charge is 0.224 e. The number of nitriles is 1. The van der Waals surface area contributed by atoms with E-state index in [-0.39, 0.29) is 5.91 Å². The number of ether oxygens (including phenoxy) is 1. The average Bonchev–Trinajstić information content (AvgIpc) is 3.00. The quantitative estimate of drug-likeness (QED) is 0.836. The van der Waals surface area contributed by atoms with Crippen molar-refractivity contribution in [1.29, 1.82) is 5.26 Å². The normalized spacial score (nSPS) is 13.0. The lowest BCUT2D eigenvalue weighted by Gasteiger charge is -2.15. The van der Waals surface area contributed by atoms with Crippen LogP contribution < -0.4 is 15.4 Å². The number of methoxy groups -OCH3 is 1. The summed E-state index contributed by atoms with van der Waals surface area (Å²) in [4.78, 5) is 14.2. The molecule has 0 atom stereocenters. The fourth-order valence-electron chi connectivity index (χ4n) is 3.38. The summed E-state index contributed by atoms with van der Waals surface area (Å²) in [5.74, 6) is 0.633. The van der Waals surface area contributed by atoms with Crippen molar-refractivity contribution in [3.05, 3.63) is 33.7 Å². The maximum absolute atomic E-state index is 12.0. The molecule has 2 aromatic rings. The van der Waals surface area contributed by atoms with Gasteiger partial charge in [-0.15, -0.1) is 11.3 Å². The molecule has 0 radical (unpaired) electrons. The predicted molar refractivity (Wildman–Crippen MR) is 105 cm³/mol. The van der Waals surface area contributed by atoms with Crippen LogP contribution in [0.5, 0.6) is 5.75 Å². The zero-order valence-electron chi connectivity index (χ0n) is 15.4. The maximum Gasteiger partial charge on any atom is 0.224 e. The van der Waals surface area contributed by atoms with E-state index < -0.39 is 0 Å². The van der Waals surface area contributed by atoms with E-state index in [1.54, 1.807) is 18.4 Å². The molecule has 1 aliphatic rings. The van der Waals surface area contributed by atoms with Gasteiger partial charge in [-0.05, 0) is 43.5 Å². The molecular weight excluding hydrogens is 346 g/mol. The molecule has 2 N–H and O–H groups in total. The van der Waals surface area contributed by atoms with Crippen molar-refractivity contribution in [3.8, 4) is 22.3 Å². The summed E-state index contributed by atoms with van der Waals surface area (Å²) in [5.41, 5.74) is 4.55. The molecule has 0 fully saturated rings. The zero-order chi connectivity index (χ0) is 18.7. The van der Waals surface area contributed by atoms with E-state index in [1.165, 1.54) is 10.4 Å². The Morgan fingerprint density at radius 3 is 2.96 bits per heavy atom. The van der Waals surface area contributed by atoms with E-state index in [1.807, 2.05) is 26.0 Å². The minimum Gasteiger partial charge on any atom is -0.494 e. The van der Waals surface area contributed by atoms with Gasteiger partial charge in [-0.1, -0.05) is 13.0 Å². The molecule has 6 heteroatoms. The summed E-state index contributed by atoms with van der Waals surface area (Å²) in [6.45, 7) is 5.67. The Kier molecular flexibility index (Phi) is 5.60. The monoisotopic (exact) mass is 369 g/mol. The van der Waals surface area contributed by atoms with Crippen molar-refractivity contribution in [1.82, 2.24) is 5.32 Å². The largest absolute Gasteiger partial charge is 0.494 e. The third-order valence-electron chi connectivity index (χ3n) is 4.65. The summed E-state index contributed by atoms with van der Waals surface area (Å²) in [5, 5.41) is 16.0. The number of fused-ring (bicyclic) bond motifs is 1. The predicted octanol–water partition coefficient (Wildman–Crippen LogP) is 3.99. The summed E-state index contributed by atoms with van der Waals surface area (Å²) < 4.78 is 5.59. The lowest BCUT2D eigenvalue weighted by atomic mass is 9.98. The molecule has 0 saturated heterocycles. The molecule has 1 aliphatic heterocycles. The van der Waals surface area contributed by atoms with E-state index >= 15 is 0 Å². The summed E-state index contributed by atoms with van der Waals surface area (Å²) in [7, 11) is 1.61. The van der Waals surface area contributed by atoms with E-state index in [2.05, 4.69) is 16.7 Å². The Balaban J connectivity index is 2.06. The highest BCUT2D eigenvalue weighted by Gasteiger charge is 2.23. The molecule has 2 heterocycles. The number of thiophene rings is 1. The van der Waals surface area contributed by atoms with Gasteiger partial charge in [0.15, 0.2) is 0 Å². The first-order valence-corrected chi connectivity index (χ1v) is 9.65. The van der Waals surface area contributed by atoms with Gasteiger partial charge in [0.25, 0.3) is 0 Å². The number of hydrogen-bond acceptors (Lipinski definition) is 5. The minimum absolute atomic E-state index is 0.0201. The summed E-state index contributed by atoms with van der Waals surface area (Å²) >= 11 is 1.67. The van der Waals surface area contributed by atoms with E-state index in [0.29, 0.717) is 17.9 Å². The van der Waals surface area contributed by atoms with E-state index in [9.17, 15) is 10.1 Å². The first-order valence-electron chi connectivity index (χ1n) is 8.83. The van der Waals surface area contributed by atoms with Gasteiger partial charge in [0.2, 0.25) is 5.91 Å². The van der Waals surface area contributed by atoms with E-state index in [4.69, 9.17) is 4.74 Å². The van der Waals surface area contributed by atoms with Gasteiger partial charge >= 0.3 is 0 Å². The van der Waals surface area contributed by atoms with Gasteiger partial charge in [0.1, 0.15) is 11.8 Å². The lowest BCUT2D eigenvalue weighted by molar-refractivity contribution is -0.116. The summed E-state index contributed by atoms with van der Waals surface area (Å²) in [6, 6.07) is 6.25. The third-order valence-corrected chi connectivity index (χ3v) is 5.91. The van der Waals surface area contributed by atoms with Crippen LogP contribution in [0.2, 0.25) is 0 Å². The highest BCUT2D eigenvalue weighted by Crippen LogP contribution is 2.43. The molecule has 0 bridgehead atoms. The number of anilines is 1. The van der Waals surface area contributed by atoms with Crippen molar-refractivity contribution < 1.29 is 9.53 Å². The molecule has 0 aliphatic carbocycles. The first-order chi connectivity index (χ1) is 12.6. The van der Waals surface area contributed by atoms with Gasteiger partial charge in [-0.2, -0.15) is 5.26 Å². The van der Waals surface area contributed by atoms with Crippen LogP contribution in [0.15, 0.2) is 12.1 Å². The summed E-state index contributed by atoms with van der Waals surface area (Å²) in [6.07, 6.45) is 2.16. The molecule has 1 amide bonds. The fraction of sp³-hybridized carbons (Fsp3) is 0.400. The number of rotatable bonds is 5. The molecule has 1 aromatic carbocycles. The topological polar surface area (TPSA) is 74.2 Å². The Bertz CT molecular complexity index is 880. The number of nitrogens with one attached hydrogen (secondary N) is 2. The van der Waals surface area contributed by atoms with Crippen molar-refractivity contribution in [2.75, 3.05) is 19.0 Å². The van der Waals surface area contributed by atoms with Gasteiger partial charge in [-0.3, -0.25) is 4.79 Å². The third kappa shape index (κ3) is 3.33. The SMILES string of the molecule is CCCC(=O)Nc1ccc(-c2sc3c(c2C#N)CCNC3)c(C)c1OC. The number of carbonyl (C=O) groups excluding carboxylic acids is 1. The average molecular weight is 369 g/mol. The lowest BCUT2D eigenvalue weighted by Crippen LogP contribution is -2.22. The van der Waals surface area contributed by atoms with E-state index in [0.717, 1.165) is 47.5 Å². The number of carbonyl (C=O) groups is 1. The van der Waals surface area contributed by atoms with Crippen molar-refractivity contribution in [3.63, 3.8) is 0 Å². The first kappa shape index (κ1) is 18.4. The Labute approximate surface area is 158 Å². The molecule has 0 unspecified atom stereocenters. The van der Waals surface area contributed by atoms with Crippen LogP contribution in [0.3, 0.4) is 0 Å². The van der Waals surface area contributed by atoms with Gasteiger partial charge < -0.3 is 15.4 Å². The van der Waals surface area contributed by atoms with Crippen LogP contribution in [0.25, 0.3) is 10.4 Å². The zero-order valence-corrected chi connectivity index (χ0v) is 16.2. The maximum atomic E-state index is 12.0. The van der Waals surface area contributed by atoms with Crippen molar-refractivity contribution >= 4 is 22.9 Å². The molecule has 3 rings (SSSR count). The molecule has 26 heavy (non-hydrogen) atoms. The molecule has 136 valence electrons. The Hall–Kier alpha value is -2.36. The molecule has 1 aromatic heterocycles. The number of amides is 1. The highest BCUT2D eigenvalue weighted by molar-refractivity contribution is 7.16. The van der Waals surface area contributed by atoms with Crippen LogP contribution in [-0.4, -0.2) is 19.6 Å². The second-order valence-corrected chi connectivity index (χ2v) is 7.47. The van der Waals surface area contributed by atoms with Crippen LogP contribution in [0, 0.1) is 18.3 Å². The van der Waals surface area contributed by atoms with Gasteiger partial charge in [0.05, 0.1) is 23.2 Å². The van der Waals surface area contributed by atoms with Crippen LogP contribution in [0.4, 0.5) is 5.69 Å². The fourth-order valence-corrected chi connectivity index (χ4v) is 4.73. The van der Waals surface area contributed by atoms with Crippen LogP contribution in [-0.2, 0) is 17.8 Å². The van der Waals surface area contributed by atoms with Crippen LogP contribution in [0.1, 0.15) is 41.3 Å². The Morgan fingerprint density at radius 2 is 2.27 bits per heavy atom. The molecule has 0 spiro atoms. The number of nitrogens with zero attached hydrogens (tertiary/aromatic N) is 1. The van der Waals surface area contributed by atoms with Crippen molar-refractivity contribution in [2.45, 2.75) is 39.7 Å². The highest BCUT2D eigenvalue weighted by atomic mass is 32.1. The Morgan fingerprint density at radius 1 is 1.46 bits per heavy atom.